The van der Waals surface area contributed by atoms with Gasteiger partial charge in [-0.15, -0.1) is 0 Å². The highest BCUT2D eigenvalue weighted by atomic mass is 19.4. The molecule has 4 nitrogen and oxygen atoms in total. The smallest absolute Gasteiger partial charge is 0.368 e. The van der Waals surface area contributed by atoms with Crippen LogP contribution < -0.4 is 11.1 Å². The summed E-state index contributed by atoms with van der Waals surface area (Å²) in [6.45, 7) is 0. The third-order valence-corrected chi connectivity index (χ3v) is 3.44. The Balaban J connectivity index is 1.79. The van der Waals surface area contributed by atoms with Gasteiger partial charge in [0.15, 0.2) is 5.69 Å². The second-order valence-electron chi connectivity index (χ2n) is 5.01. The molecule has 1 aliphatic rings. The number of aromatic nitrogens is 2. The molecule has 0 fully saturated rings. The van der Waals surface area contributed by atoms with Crippen LogP contribution in [0.3, 0.4) is 0 Å². The third kappa shape index (κ3) is 2.91. The predicted octanol–water partition coefficient (Wildman–Crippen LogP) is 2.66. The average molecular weight is 294 g/mol. The Morgan fingerprint density at radius 2 is 1.71 bits per heavy atom. The molecule has 0 aliphatic heterocycles. The number of rotatable bonds is 2. The summed E-state index contributed by atoms with van der Waals surface area (Å²) in [7, 11) is 0. The first-order valence-electron chi connectivity index (χ1n) is 6.47. The minimum absolute atomic E-state index is 0.0118. The van der Waals surface area contributed by atoms with Crippen LogP contribution in [0.2, 0.25) is 0 Å². The van der Waals surface area contributed by atoms with Crippen molar-refractivity contribution in [2.45, 2.75) is 25.1 Å². The highest BCUT2D eigenvalue weighted by Crippen LogP contribution is 2.30. The number of benzene rings is 1. The Morgan fingerprint density at radius 1 is 1.10 bits per heavy atom. The van der Waals surface area contributed by atoms with Gasteiger partial charge in [-0.3, -0.25) is 0 Å². The summed E-state index contributed by atoms with van der Waals surface area (Å²) in [4.78, 5) is 7.05. The Kier molecular flexibility index (Phi) is 3.19. The van der Waals surface area contributed by atoms with E-state index >= 15 is 0 Å². The van der Waals surface area contributed by atoms with Crippen LogP contribution >= 0.6 is 0 Å². The molecular formula is C14H13F3N4. The normalized spacial score (nSPS) is 15.0. The molecule has 0 saturated carbocycles. The lowest BCUT2D eigenvalue weighted by molar-refractivity contribution is -0.141. The van der Waals surface area contributed by atoms with Crippen molar-refractivity contribution in [2.75, 3.05) is 11.1 Å². The number of halogens is 3. The van der Waals surface area contributed by atoms with Crippen molar-refractivity contribution < 1.29 is 13.2 Å². The summed E-state index contributed by atoms with van der Waals surface area (Å²) in [6, 6.07) is 8.84. The zero-order chi connectivity index (χ0) is 15.0. The van der Waals surface area contributed by atoms with Crippen LogP contribution in [0.1, 0.15) is 16.8 Å². The van der Waals surface area contributed by atoms with Gasteiger partial charge in [-0.05, 0) is 24.0 Å². The van der Waals surface area contributed by atoms with E-state index in [1.807, 2.05) is 24.3 Å². The summed E-state index contributed by atoms with van der Waals surface area (Å²) in [5.41, 5.74) is 6.72. The highest BCUT2D eigenvalue weighted by Gasteiger charge is 2.34. The van der Waals surface area contributed by atoms with E-state index in [4.69, 9.17) is 5.73 Å². The number of hydrogen-bond donors (Lipinski definition) is 2. The lowest BCUT2D eigenvalue weighted by Crippen LogP contribution is -2.21. The Bertz CT molecular complexity index is 645. The molecule has 1 heterocycles. The van der Waals surface area contributed by atoms with E-state index < -0.39 is 11.9 Å². The first-order valence-corrected chi connectivity index (χ1v) is 6.47. The Hall–Kier alpha value is -2.31. The number of hydrogen-bond acceptors (Lipinski definition) is 4. The topological polar surface area (TPSA) is 63.8 Å². The number of alkyl halides is 3. The third-order valence-electron chi connectivity index (χ3n) is 3.44. The van der Waals surface area contributed by atoms with Gasteiger partial charge in [0.1, 0.15) is 5.82 Å². The fourth-order valence-electron chi connectivity index (χ4n) is 2.56. The zero-order valence-corrected chi connectivity index (χ0v) is 11.0. The second-order valence-corrected chi connectivity index (χ2v) is 5.01. The van der Waals surface area contributed by atoms with Gasteiger partial charge in [0.2, 0.25) is 5.95 Å². The van der Waals surface area contributed by atoms with Gasteiger partial charge in [-0.1, -0.05) is 24.3 Å². The minimum atomic E-state index is -4.54. The molecule has 0 unspecified atom stereocenters. The summed E-state index contributed by atoms with van der Waals surface area (Å²) in [5.74, 6) is -0.282. The number of nitrogen functional groups attached to an aromatic ring is 1. The van der Waals surface area contributed by atoms with Gasteiger partial charge in [-0.25, -0.2) is 4.98 Å². The summed E-state index contributed by atoms with van der Waals surface area (Å²) < 4.78 is 38.1. The molecule has 110 valence electrons. The molecule has 0 spiro atoms. The van der Waals surface area contributed by atoms with Gasteiger partial charge in [-0.2, -0.15) is 18.2 Å². The van der Waals surface area contributed by atoms with Crippen molar-refractivity contribution >= 4 is 11.8 Å². The second kappa shape index (κ2) is 4.91. The van der Waals surface area contributed by atoms with E-state index in [2.05, 4.69) is 15.3 Å². The molecule has 3 N–H and O–H groups in total. The lowest BCUT2D eigenvalue weighted by Gasteiger charge is -2.14. The van der Waals surface area contributed by atoms with Crippen molar-refractivity contribution in [1.82, 2.24) is 9.97 Å². The number of fused-ring (bicyclic) bond motifs is 1. The van der Waals surface area contributed by atoms with Gasteiger partial charge in [0, 0.05) is 12.1 Å². The lowest BCUT2D eigenvalue weighted by atomic mass is 10.1. The molecule has 2 aromatic rings. The largest absolute Gasteiger partial charge is 0.433 e. The molecular weight excluding hydrogens is 281 g/mol. The molecule has 0 atom stereocenters. The van der Waals surface area contributed by atoms with Crippen LogP contribution in [0.5, 0.6) is 0 Å². The van der Waals surface area contributed by atoms with E-state index in [1.54, 1.807) is 0 Å². The van der Waals surface area contributed by atoms with E-state index in [9.17, 15) is 13.2 Å². The van der Waals surface area contributed by atoms with Gasteiger partial charge >= 0.3 is 6.18 Å². The molecule has 7 heteroatoms. The summed E-state index contributed by atoms with van der Waals surface area (Å²) in [5, 5.41) is 3.01. The average Bonchev–Trinajstić information content (AvgIpc) is 2.79. The van der Waals surface area contributed by atoms with Crippen molar-refractivity contribution in [3.63, 3.8) is 0 Å². The van der Waals surface area contributed by atoms with E-state index in [1.165, 1.54) is 11.1 Å². The van der Waals surface area contributed by atoms with Crippen LogP contribution in [0.15, 0.2) is 30.3 Å². The van der Waals surface area contributed by atoms with E-state index in [-0.39, 0.29) is 17.8 Å². The fourth-order valence-corrected chi connectivity index (χ4v) is 2.56. The first kappa shape index (κ1) is 13.7. The van der Waals surface area contributed by atoms with Gasteiger partial charge in [0.25, 0.3) is 0 Å². The van der Waals surface area contributed by atoms with Crippen LogP contribution in [0.25, 0.3) is 0 Å². The van der Waals surface area contributed by atoms with Crippen molar-refractivity contribution in [3.8, 4) is 0 Å². The SMILES string of the molecule is Nc1nc(NC2Cc3ccccc3C2)cc(C(F)(F)F)n1. The van der Waals surface area contributed by atoms with E-state index in [0.29, 0.717) is 0 Å². The van der Waals surface area contributed by atoms with Crippen molar-refractivity contribution in [2.24, 2.45) is 0 Å². The number of nitrogens with two attached hydrogens (primary N) is 1. The van der Waals surface area contributed by atoms with Crippen LogP contribution in [0.4, 0.5) is 24.9 Å². The predicted molar refractivity (Wildman–Crippen MR) is 72.7 cm³/mol. The quantitative estimate of drug-likeness (QED) is 0.894. The number of nitrogens with zero attached hydrogens (tertiary/aromatic N) is 2. The molecule has 1 aliphatic carbocycles. The molecule has 0 bridgehead atoms. The molecule has 1 aromatic heterocycles. The summed E-state index contributed by atoms with van der Waals surface area (Å²) >= 11 is 0. The van der Waals surface area contributed by atoms with E-state index in [0.717, 1.165) is 18.9 Å². The minimum Gasteiger partial charge on any atom is -0.368 e. The first-order chi connectivity index (χ1) is 9.91. The fraction of sp³-hybridized carbons (Fsp3) is 0.286. The zero-order valence-electron chi connectivity index (χ0n) is 11.0. The molecule has 0 radical (unpaired) electrons. The molecule has 3 rings (SSSR count). The maximum Gasteiger partial charge on any atom is 0.433 e. The monoisotopic (exact) mass is 294 g/mol. The van der Waals surface area contributed by atoms with Crippen molar-refractivity contribution in [1.29, 1.82) is 0 Å². The molecule has 0 saturated heterocycles. The molecule has 0 amide bonds. The summed E-state index contributed by atoms with van der Waals surface area (Å²) in [6.07, 6.45) is -3.03. The number of anilines is 2. The van der Waals surface area contributed by atoms with Gasteiger partial charge < -0.3 is 11.1 Å². The standard InChI is InChI=1S/C14H13F3N4/c15-14(16,17)11-7-12(21-13(18)20-11)19-10-5-8-3-1-2-4-9(8)6-10/h1-4,7,10H,5-6H2,(H3,18,19,20,21). The van der Waals surface area contributed by atoms with Crippen LogP contribution in [-0.2, 0) is 19.0 Å². The Morgan fingerprint density at radius 3 is 2.29 bits per heavy atom. The maximum absolute atomic E-state index is 12.7. The highest BCUT2D eigenvalue weighted by molar-refractivity contribution is 5.45. The van der Waals surface area contributed by atoms with Crippen LogP contribution in [-0.4, -0.2) is 16.0 Å². The molecule has 1 aromatic carbocycles. The Labute approximate surface area is 119 Å². The van der Waals surface area contributed by atoms with Crippen LogP contribution in [0, 0.1) is 0 Å². The molecule has 21 heavy (non-hydrogen) atoms. The van der Waals surface area contributed by atoms with Crippen molar-refractivity contribution in [3.05, 3.63) is 47.2 Å². The maximum atomic E-state index is 12.7. The van der Waals surface area contributed by atoms with Gasteiger partial charge in [0.05, 0.1) is 0 Å². The number of nitrogens with one attached hydrogen (secondary N) is 1.